The predicted molar refractivity (Wildman–Crippen MR) is 71.3 cm³/mol. The van der Waals surface area contributed by atoms with Gasteiger partial charge in [0.2, 0.25) is 11.9 Å². The van der Waals surface area contributed by atoms with E-state index in [1.807, 2.05) is 19.1 Å². The highest BCUT2D eigenvalue weighted by molar-refractivity contribution is 5.41. The fourth-order valence-corrected chi connectivity index (χ4v) is 2.01. The van der Waals surface area contributed by atoms with Crippen LogP contribution in [0.2, 0.25) is 0 Å². The number of nitrogens with zero attached hydrogens (tertiary/aromatic N) is 5. The molecule has 19 heavy (non-hydrogen) atoms. The highest BCUT2D eigenvalue weighted by Crippen LogP contribution is 2.16. The lowest BCUT2D eigenvalue weighted by Gasteiger charge is -2.25. The molecule has 1 aliphatic rings. The van der Waals surface area contributed by atoms with Crippen LogP contribution in [0.5, 0.6) is 0 Å². The first kappa shape index (κ1) is 11.9. The number of hydrogen-bond acceptors (Lipinski definition) is 6. The van der Waals surface area contributed by atoms with Gasteiger partial charge in [-0.3, -0.25) is 0 Å². The first-order valence-corrected chi connectivity index (χ1v) is 6.22. The molecule has 0 spiro atoms. The lowest BCUT2D eigenvalue weighted by molar-refractivity contribution is 0.122. The lowest BCUT2D eigenvalue weighted by Crippen LogP contribution is -2.37. The number of anilines is 2. The molecule has 0 unspecified atom stereocenters. The van der Waals surface area contributed by atoms with Gasteiger partial charge in [-0.05, 0) is 24.6 Å². The summed E-state index contributed by atoms with van der Waals surface area (Å²) in [5.41, 5.74) is 7.03. The van der Waals surface area contributed by atoms with Crippen LogP contribution in [0.1, 0.15) is 5.56 Å². The fourth-order valence-electron chi connectivity index (χ4n) is 2.01. The van der Waals surface area contributed by atoms with Crippen molar-refractivity contribution < 1.29 is 4.74 Å². The molecule has 0 amide bonds. The summed E-state index contributed by atoms with van der Waals surface area (Å²) in [7, 11) is 0. The molecule has 0 atom stereocenters. The fraction of sp³-hybridized carbons (Fsp3) is 0.417. The van der Waals surface area contributed by atoms with Crippen molar-refractivity contribution in [2.24, 2.45) is 0 Å². The van der Waals surface area contributed by atoms with Gasteiger partial charge in [0.15, 0.2) is 5.82 Å². The van der Waals surface area contributed by atoms with Gasteiger partial charge in [-0.25, -0.2) is 4.98 Å². The second-order valence-corrected chi connectivity index (χ2v) is 4.47. The molecule has 3 heterocycles. The van der Waals surface area contributed by atoms with Gasteiger partial charge in [0.05, 0.1) is 13.2 Å². The maximum atomic E-state index is 5.92. The third-order valence-electron chi connectivity index (χ3n) is 3.03. The molecule has 2 N–H and O–H groups in total. The van der Waals surface area contributed by atoms with Crippen LogP contribution in [0.3, 0.4) is 0 Å². The van der Waals surface area contributed by atoms with E-state index in [9.17, 15) is 0 Å². The normalized spacial score (nSPS) is 15.7. The smallest absolute Gasteiger partial charge is 0.247 e. The van der Waals surface area contributed by atoms with Crippen molar-refractivity contribution in [3.8, 4) is 5.82 Å². The van der Waals surface area contributed by atoms with E-state index in [1.54, 1.807) is 10.9 Å². The summed E-state index contributed by atoms with van der Waals surface area (Å²) in [6.45, 7) is 4.95. The molecule has 2 aromatic rings. The number of nitrogens with two attached hydrogens (primary N) is 1. The number of nitrogen functional groups attached to an aromatic ring is 1. The maximum absolute atomic E-state index is 5.92. The van der Waals surface area contributed by atoms with E-state index in [4.69, 9.17) is 10.5 Å². The van der Waals surface area contributed by atoms with Crippen LogP contribution in [-0.4, -0.2) is 46.1 Å². The largest absolute Gasteiger partial charge is 0.378 e. The average Bonchev–Trinajstić information content (AvgIpc) is 2.82. The van der Waals surface area contributed by atoms with Crippen molar-refractivity contribution >= 4 is 11.9 Å². The maximum Gasteiger partial charge on any atom is 0.247 e. The molecule has 2 aromatic heterocycles. The molecule has 1 aliphatic heterocycles. The van der Waals surface area contributed by atoms with E-state index in [1.165, 1.54) is 0 Å². The summed E-state index contributed by atoms with van der Waals surface area (Å²) in [6, 6.07) is 3.85. The molecule has 0 aromatic carbocycles. The van der Waals surface area contributed by atoms with Crippen LogP contribution in [0.25, 0.3) is 5.82 Å². The van der Waals surface area contributed by atoms with Crippen molar-refractivity contribution in [2.45, 2.75) is 6.92 Å². The van der Waals surface area contributed by atoms with Crippen molar-refractivity contribution in [3.63, 3.8) is 0 Å². The summed E-state index contributed by atoms with van der Waals surface area (Å²) in [5.74, 6) is 1.66. The van der Waals surface area contributed by atoms with Crippen LogP contribution in [-0.2, 0) is 4.74 Å². The third kappa shape index (κ3) is 2.37. The molecule has 0 aliphatic carbocycles. The summed E-state index contributed by atoms with van der Waals surface area (Å²) in [5, 5.41) is 4.43. The minimum atomic E-state index is 0.347. The molecule has 1 fully saturated rings. The molecular formula is C12H16N6O. The van der Waals surface area contributed by atoms with Gasteiger partial charge in [0.25, 0.3) is 0 Å². The second kappa shape index (κ2) is 4.85. The Balaban J connectivity index is 1.92. The van der Waals surface area contributed by atoms with Crippen LogP contribution in [0.15, 0.2) is 18.3 Å². The standard InChI is InChI=1S/C12H16N6O/c1-9-2-3-14-10(8-9)18-11(13)15-12(16-18)17-4-6-19-7-5-17/h2-3,8H,4-7H2,1H3,(H2,13,15,16). The van der Waals surface area contributed by atoms with Gasteiger partial charge >= 0.3 is 0 Å². The van der Waals surface area contributed by atoms with Crippen LogP contribution in [0.4, 0.5) is 11.9 Å². The van der Waals surface area contributed by atoms with E-state index in [0.717, 1.165) is 18.7 Å². The van der Waals surface area contributed by atoms with E-state index in [0.29, 0.717) is 30.9 Å². The Morgan fingerprint density at radius 2 is 2.11 bits per heavy atom. The SMILES string of the molecule is Cc1ccnc(-n2nc(N3CCOCC3)nc2N)c1. The first-order chi connectivity index (χ1) is 9.24. The van der Waals surface area contributed by atoms with Crippen molar-refractivity contribution in [2.75, 3.05) is 36.9 Å². The highest BCUT2D eigenvalue weighted by atomic mass is 16.5. The van der Waals surface area contributed by atoms with Gasteiger partial charge in [0, 0.05) is 19.3 Å². The Labute approximate surface area is 111 Å². The number of rotatable bonds is 2. The van der Waals surface area contributed by atoms with Crippen molar-refractivity contribution in [1.29, 1.82) is 0 Å². The summed E-state index contributed by atoms with van der Waals surface area (Å²) in [4.78, 5) is 10.6. The van der Waals surface area contributed by atoms with Crippen LogP contribution >= 0.6 is 0 Å². The van der Waals surface area contributed by atoms with E-state index >= 15 is 0 Å². The van der Waals surface area contributed by atoms with Crippen molar-refractivity contribution in [3.05, 3.63) is 23.9 Å². The van der Waals surface area contributed by atoms with Gasteiger partial charge in [-0.1, -0.05) is 0 Å². The predicted octanol–water partition coefficient (Wildman–Crippen LogP) is 0.390. The number of aromatic nitrogens is 4. The zero-order valence-electron chi connectivity index (χ0n) is 10.8. The first-order valence-electron chi connectivity index (χ1n) is 6.22. The Morgan fingerprint density at radius 1 is 1.32 bits per heavy atom. The number of ether oxygens (including phenoxy) is 1. The molecular weight excluding hydrogens is 244 g/mol. The number of morpholine rings is 1. The molecule has 3 rings (SSSR count). The Bertz CT molecular complexity index is 575. The van der Waals surface area contributed by atoms with Crippen molar-refractivity contribution in [1.82, 2.24) is 19.7 Å². The Kier molecular flexibility index (Phi) is 3.04. The topological polar surface area (TPSA) is 82.1 Å². The van der Waals surface area contributed by atoms with Crippen LogP contribution in [0, 0.1) is 6.92 Å². The second-order valence-electron chi connectivity index (χ2n) is 4.47. The molecule has 0 bridgehead atoms. The summed E-state index contributed by atoms with van der Waals surface area (Å²) in [6.07, 6.45) is 1.74. The van der Waals surface area contributed by atoms with Gasteiger partial charge in [-0.15, -0.1) is 5.10 Å². The molecule has 1 saturated heterocycles. The minimum absolute atomic E-state index is 0.347. The monoisotopic (exact) mass is 260 g/mol. The molecule has 100 valence electrons. The zero-order valence-corrected chi connectivity index (χ0v) is 10.8. The van der Waals surface area contributed by atoms with E-state index in [2.05, 4.69) is 20.0 Å². The Hall–Kier alpha value is -2.15. The molecule has 0 radical (unpaired) electrons. The third-order valence-corrected chi connectivity index (χ3v) is 3.03. The number of hydrogen-bond donors (Lipinski definition) is 1. The number of pyridine rings is 1. The highest BCUT2D eigenvalue weighted by Gasteiger charge is 2.18. The average molecular weight is 260 g/mol. The quantitative estimate of drug-likeness (QED) is 0.841. The summed E-state index contributed by atoms with van der Waals surface area (Å²) >= 11 is 0. The lowest BCUT2D eigenvalue weighted by atomic mass is 10.3. The molecule has 7 heteroatoms. The molecule has 0 saturated carbocycles. The van der Waals surface area contributed by atoms with Gasteiger partial charge in [0.1, 0.15) is 0 Å². The molecule has 7 nitrogen and oxygen atoms in total. The Morgan fingerprint density at radius 3 is 2.84 bits per heavy atom. The summed E-state index contributed by atoms with van der Waals surface area (Å²) < 4.78 is 6.88. The van der Waals surface area contributed by atoms with Gasteiger partial charge in [-0.2, -0.15) is 9.67 Å². The van der Waals surface area contributed by atoms with Crippen LogP contribution < -0.4 is 10.6 Å². The number of aryl methyl sites for hydroxylation is 1. The minimum Gasteiger partial charge on any atom is -0.378 e. The van der Waals surface area contributed by atoms with E-state index in [-0.39, 0.29) is 0 Å². The van der Waals surface area contributed by atoms with Gasteiger partial charge < -0.3 is 15.4 Å². The van der Waals surface area contributed by atoms with E-state index < -0.39 is 0 Å². The zero-order chi connectivity index (χ0) is 13.2.